The zero-order valence-corrected chi connectivity index (χ0v) is 15.4. The van der Waals surface area contributed by atoms with E-state index >= 15 is 0 Å². The smallest absolute Gasteiger partial charge is 0.330 e. The third-order valence-electron chi connectivity index (χ3n) is 3.83. The van der Waals surface area contributed by atoms with Crippen LogP contribution in [0.4, 0.5) is 0 Å². The van der Waals surface area contributed by atoms with Crippen molar-refractivity contribution in [2.24, 2.45) is 5.92 Å². The van der Waals surface area contributed by atoms with Crippen LogP contribution in [-0.4, -0.2) is 18.7 Å². The molecule has 0 fully saturated rings. The van der Waals surface area contributed by atoms with Crippen molar-refractivity contribution in [2.75, 3.05) is 6.61 Å². The van der Waals surface area contributed by atoms with Crippen LogP contribution in [0.15, 0.2) is 42.5 Å². The molecule has 1 rings (SSSR count). The summed E-state index contributed by atoms with van der Waals surface area (Å²) in [6, 6.07) is 10.3. The summed E-state index contributed by atoms with van der Waals surface area (Å²) in [6.45, 7) is 7.38. The molecule has 24 heavy (non-hydrogen) atoms. The highest BCUT2D eigenvalue weighted by Crippen LogP contribution is 2.16. The van der Waals surface area contributed by atoms with Gasteiger partial charge < -0.3 is 9.47 Å². The fourth-order valence-corrected chi connectivity index (χ4v) is 2.51. The summed E-state index contributed by atoms with van der Waals surface area (Å²) >= 11 is 0. The molecule has 0 bridgehead atoms. The van der Waals surface area contributed by atoms with Gasteiger partial charge in [0.25, 0.3) is 0 Å². The Balaban J connectivity index is 2.40. The quantitative estimate of drug-likeness (QED) is 0.385. The number of hydrogen-bond acceptors (Lipinski definition) is 3. The summed E-state index contributed by atoms with van der Waals surface area (Å²) in [4.78, 5) is 11.3. The van der Waals surface area contributed by atoms with Gasteiger partial charge in [-0.15, -0.1) is 0 Å². The third kappa shape index (κ3) is 10.2. The van der Waals surface area contributed by atoms with Gasteiger partial charge in [-0.2, -0.15) is 0 Å². The van der Waals surface area contributed by atoms with Crippen molar-refractivity contribution in [1.82, 2.24) is 0 Å². The number of allylic oxidation sites excluding steroid dienone is 1. The molecule has 0 aliphatic heterocycles. The van der Waals surface area contributed by atoms with Crippen LogP contribution in [0.25, 0.3) is 0 Å². The lowest BCUT2D eigenvalue weighted by molar-refractivity contribution is -0.137. The molecule has 1 aromatic carbocycles. The Morgan fingerprint density at radius 3 is 2.54 bits per heavy atom. The maximum absolute atomic E-state index is 11.3. The minimum Gasteiger partial charge on any atom is -0.463 e. The van der Waals surface area contributed by atoms with Crippen LogP contribution in [0, 0.1) is 5.92 Å². The van der Waals surface area contributed by atoms with Crippen molar-refractivity contribution >= 4 is 5.97 Å². The number of benzene rings is 1. The molecular weight excluding hydrogens is 300 g/mol. The lowest BCUT2D eigenvalue weighted by Gasteiger charge is -2.18. The van der Waals surface area contributed by atoms with Gasteiger partial charge in [0.05, 0.1) is 19.3 Å². The van der Waals surface area contributed by atoms with Crippen molar-refractivity contribution in [2.45, 2.75) is 65.6 Å². The second kappa shape index (κ2) is 12.8. The van der Waals surface area contributed by atoms with E-state index in [0.717, 1.165) is 25.2 Å². The van der Waals surface area contributed by atoms with Gasteiger partial charge in [-0.05, 0) is 37.7 Å². The Labute approximate surface area is 147 Å². The summed E-state index contributed by atoms with van der Waals surface area (Å²) < 4.78 is 11.0. The summed E-state index contributed by atoms with van der Waals surface area (Å²) in [5, 5.41) is 0. The van der Waals surface area contributed by atoms with Gasteiger partial charge in [0, 0.05) is 6.08 Å². The molecule has 0 aliphatic rings. The van der Waals surface area contributed by atoms with E-state index in [2.05, 4.69) is 26.0 Å². The van der Waals surface area contributed by atoms with Crippen molar-refractivity contribution in [3.63, 3.8) is 0 Å². The standard InChI is InChI=1S/C21H32O3/c1-4-23-21(22)16-9-8-14-20(15-10-11-18(2)3)24-17-19-12-6-5-7-13-19/h5-7,9,12-13,16,18,20H,4,8,10-11,14-15,17H2,1-3H3/b16-9+/t20-/m0/s1. The molecule has 0 saturated carbocycles. The van der Waals surface area contributed by atoms with Gasteiger partial charge >= 0.3 is 5.97 Å². The first kappa shape index (κ1) is 20.4. The van der Waals surface area contributed by atoms with Gasteiger partial charge in [0.2, 0.25) is 0 Å². The van der Waals surface area contributed by atoms with Crippen LogP contribution in [0.2, 0.25) is 0 Å². The number of carbonyl (C=O) groups is 1. The van der Waals surface area contributed by atoms with Gasteiger partial charge in [-0.1, -0.05) is 63.1 Å². The fraction of sp³-hybridized carbons (Fsp3) is 0.571. The van der Waals surface area contributed by atoms with Crippen molar-refractivity contribution in [3.8, 4) is 0 Å². The highest BCUT2D eigenvalue weighted by Gasteiger charge is 2.09. The van der Waals surface area contributed by atoms with E-state index in [9.17, 15) is 4.79 Å². The molecule has 0 unspecified atom stereocenters. The monoisotopic (exact) mass is 332 g/mol. The van der Waals surface area contributed by atoms with E-state index in [4.69, 9.17) is 9.47 Å². The number of carbonyl (C=O) groups excluding carboxylic acids is 1. The van der Waals surface area contributed by atoms with E-state index in [0.29, 0.717) is 13.2 Å². The SMILES string of the molecule is CCOC(=O)/C=C/CC[C@@H](CCCC(C)C)OCc1ccccc1. The van der Waals surface area contributed by atoms with E-state index in [1.165, 1.54) is 24.5 Å². The van der Waals surface area contributed by atoms with Crippen LogP contribution in [0.1, 0.15) is 58.4 Å². The first-order valence-electron chi connectivity index (χ1n) is 9.10. The number of esters is 1. The zero-order chi connectivity index (χ0) is 17.6. The van der Waals surface area contributed by atoms with E-state index in [1.54, 1.807) is 0 Å². The minimum absolute atomic E-state index is 0.232. The summed E-state index contributed by atoms with van der Waals surface area (Å²) in [5.41, 5.74) is 1.20. The maximum atomic E-state index is 11.3. The molecule has 1 aromatic rings. The zero-order valence-electron chi connectivity index (χ0n) is 15.4. The van der Waals surface area contributed by atoms with Crippen LogP contribution in [0.5, 0.6) is 0 Å². The highest BCUT2D eigenvalue weighted by molar-refractivity contribution is 5.81. The van der Waals surface area contributed by atoms with Crippen LogP contribution in [-0.2, 0) is 20.9 Å². The predicted molar refractivity (Wildman–Crippen MR) is 98.7 cm³/mol. The van der Waals surface area contributed by atoms with Gasteiger partial charge in [0.1, 0.15) is 0 Å². The van der Waals surface area contributed by atoms with Gasteiger partial charge in [-0.25, -0.2) is 4.79 Å². The van der Waals surface area contributed by atoms with Crippen LogP contribution >= 0.6 is 0 Å². The first-order valence-corrected chi connectivity index (χ1v) is 9.10. The minimum atomic E-state index is -0.265. The molecule has 134 valence electrons. The molecule has 1 atom stereocenters. The second-order valence-corrected chi connectivity index (χ2v) is 6.48. The molecule has 0 aliphatic carbocycles. The normalized spacial score (nSPS) is 12.7. The molecule has 0 radical (unpaired) electrons. The molecule has 0 saturated heterocycles. The lowest BCUT2D eigenvalue weighted by atomic mass is 10.0. The number of ether oxygens (including phenoxy) is 2. The van der Waals surface area contributed by atoms with Crippen molar-refractivity contribution in [1.29, 1.82) is 0 Å². The molecular formula is C21H32O3. The first-order chi connectivity index (χ1) is 11.6. The second-order valence-electron chi connectivity index (χ2n) is 6.48. The van der Waals surface area contributed by atoms with Gasteiger partial charge in [0.15, 0.2) is 0 Å². The van der Waals surface area contributed by atoms with Crippen LogP contribution in [0.3, 0.4) is 0 Å². The molecule has 0 heterocycles. The maximum Gasteiger partial charge on any atom is 0.330 e. The lowest BCUT2D eigenvalue weighted by Crippen LogP contribution is -2.13. The molecule has 0 aromatic heterocycles. The van der Waals surface area contributed by atoms with E-state index in [1.807, 2.05) is 31.2 Å². The van der Waals surface area contributed by atoms with E-state index < -0.39 is 0 Å². The van der Waals surface area contributed by atoms with Gasteiger partial charge in [-0.3, -0.25) is 0 Å². The number of hydrogen-bond donors (Lipinski definition) is 0. The topological polar surface area (TPSA) is 35.5 Å². The van der Waals surface area contributed by atoms with Crippen LogP contribution < -0.4 is 0 Å². The summed E-state index contributed by atoms with van der Waals surface area (Å²) in [7, 11) is 0. The fourth-order valence-electron chi connectivity index (χ4n) is 2.51. The molecule has 0 amide bonds. The molecule has 0 N–H and O–H groups in total. The average molecular weight is 332 g/mol. The summed E-state index contributed by atoms with van der Waals surface area (Å²) in [6.07, 6.45) is 8.88. The van der Waals surface area contributed by atoms with Crippen molar-refractivity contribution < 1.29 is 14.3 Å². The largest absolute Gasteiger partial charge is 0.463 e. The number of rotatable bonds is 12. The Hall–Kier alpha value is -1.61. The Bertz CT molecular complexity index is 465. The molecule has 3 heteroatoms. The highest BCUT2D eigenvalue weighted by atomic mass is 16.5. The van der Waals surface area contributed by atoms with Crippen molar-refractivity contribution in [3.05, 3.63) is 48.0 Å². The Kier molecular flexibility index (Phi) is 10.9. The van der Waals surface area contributed by atoms with E-state index in [-0.39, 0.29) is 12.1 Å². The third-order valence-corrected chi connectivity index (χ3v) is 3.83. The average Bonchev–Trinajstić information content (AvgIpc) is 2.56. The molecule has 0 spiro atoms. The predicted octanol–water partition coefficient (Wildman–Crippen LogP) is 5.30. The molecule has 3 nitrogen and oxygen atoms in total. The Morgan fingerprint density at radius 2 is 1.88 bits per heavy atom. The summed E-state index contributed by atoms with van der Waals surface area (Å²) in [5.74, 6) is 0.461. The Morgan fingerprint density at radius 1 is 1.12 bits per heavy atom.